The fourth-order valence-electron chi connectivity index (χ4n) is 1.15. The first-order valence-corrected chi connectivity index (χ1v) is 4.87. The summed E-state index contributed by atoms with van der Waals surface area (Å²) in [6.07, 6.45) is 0. The molecule has 1 aromatic carbocycles. The van der Waals surface area contributed by atoms with Crippen LogP contribution in [0, 0.1) is 0 Å². The van der Waals surface area contributed by atoms with Crippen LogP contribution in [0.3, 0.4) is 0 Å². The summed E-state index contributed by atoms with van der Waals surface area (Å²) in [6, 6.07) is 7.87. The van der Waals surface area contributed by atoms with E-state index in [-0.39, 0.29) is 5.11 Å². The zero-order valence-electron chi connectivity index (χ0n) is 8.40. The van der Waals surface area contributed by atoms with E-state index < -0.39 is 0 Å². The van der Waals surface area contributed by atoms with Gasteiger partial charge < -0.3 is 5.73 Å². The number of rotatable bonds is 2. The molecule has 76 valence electrons. The third-order valence-corrected chi connectivity index (χ3v) is 2.27. The van der Waals surface area contributed by atoms with Crippen molar-refractivity contribution < 1.29 is 0 Å². The van der Waals surface area contributed by atoms with Crippen molar-refractivity contribution in [1.29, 1.82) is 0 Å². The van der Waals surface area contributed by atoms with E-state index in [1.54, 1.807) is 0 Å². The van der Waals surface area contributed by atoms with Crippen molar-refractivity contribution in [2.75, 3.05) is 5.01 Å². The highest BCUT2D eigenvalue weighted by Gasteiger charge is 2.04. The number of nitrogens with two attached hydrogens (primary N) is 2. The van der Waals surface area contributed by atoms with E-state index in [0.29, 0.717) is 5.92 Å². The lowest BCUT2D eigenvalue weighted by atomic mass is 10.0. The fourth-order valence-corrected chi connectivity index (χ4v) is 1.25. The maximum atomic E-state index is 5.63. The molecule has 0 saturated heterocycles. The molecule has 0 atom stereocenters. The summed E-state index contributed by atoms with van der Waals surface area (Å²) in [7, 11) is 0. The van der Waals surface area contributed by atoms with E-state index in [0.717, 1.165) is 5.69 Å². The number of hydrogen-bond acceptors (Lipinski definition) is 2. The Morgan fingerprint density at radius 2 is 1.79 bits per heavy atom. The van der Waals surface area contributed by atoms with Crippen LogP contribution in [-0.4, -0.2) is 5.11 Å². The van der Waals surface area contributed by atoms with Crippen LogP contribution in [0.2, 0.25) is 0 Å². The molecule has 0 aliphatic heterocycles. The predicted octanol–water partition coefficient (Wildman–Crippen LogP) is 1.73. The molecule has 0 saturated carbocycles. The maximum absolute atomic E-state index is 5.63. The lowest BCUT2D eigenvalue weighted by Crippen LogP contribution is -2.41. The van der Waals surface area contributed by atoms with Crippen LogP contribution in [0.5, 0.6) is 0 Å². The van der Waals surface area contributed by atoms with E-state index in [9.17, 15) is 0 Å². The Morgan fingerprint density at radius 3 is 2.14 bits per heavy atom. The minimum Gasteiger partial charge on any atom is -0.375 e. The lowest BCUT2D eigenvalue weighted by molar-refractivity contribution is 0.866. The highest BCUT2D eigenvalue weighted by molar-refractivity contribution is 7.80. The van der Waals surface area contributed by atoms with E-state index in [1.165, 1.54) is 10.6 Å². The average Bonchev–Trinajstić information content (AvgIpc) is 2.16. The molecule has 3 nitrogen and oxygen atoms in total. The molecule has 4 heteroatoms. The summed E-state index contributed by atoms with van der Waals surface area (Å²) >= 11 is 4.76. The smallest absolute Gasteiger partial charge is 0.185 e. The van der Waals surface area contributed by atoms with Crippen LogP contribution in [0.4, 0.5) is 5.69 Å². The van der Waals surface area contributed by atoms with Gasteiger partial charge in [-0.05, 0) is 35.8 Å². The summed E-state index contributed by atoms with van der Waals surface area (Å²) in [5.41, 5.74) is 7.47. The first-order valence-electron chi connectivity index (χ1n) is 4.46. The third kappa shape index (κ3) is 2.43. The van der Waals surface area contributed by atoms with Gasteiger partial charge in [-0.25, -0.2) is 5.84 Å². The van der Waals surface area contributed by atoms with Gasteiger partial charge in [-0.2, -0.15) is 0 Å². The van der Waals surface area contributed by atoms with Crippen molar-refractivity contribution in [3.05, 3.63) is 29.8 Å². The van der Waals surface area contributed by atoms with Gasteiger partial charge in [0.1, 0.15) is 0 Å². The van der Waals surface area contributed by atoms with Crippen LogP contribution in [0.25, 0.3) is 0 Å². The van der Waals surface area contributed by atoms with Crippen LogP contribution in [0.15, 0.2) is 24.3 Å². The number of nitrogens with zero attached hydrogens (tertiary/aromatic N) is 1. The van der Waals surface area contributed by atoms with Gasteiger partial charge in [-0.1, -0.05) is 26.0 Å². The standard InChI is InChI=1S/C10H15N3S/c1-7(2)8-3-5-9(6-4-8)13(12)10(11)14/h3-7H,12H2,1-2H3,(H2,11,14). The van der Waals surface area contributed by atoms with Gasteiger partial charge in [0.25, 0.3) is 0 Å². The van der Waals surface area contributed by atoms with Gasteiger partial charge in [0, 0.05) is 0 Å². The second-order valence-electron chi connectivity index (χ2n) is 3.45. The average molecular weight is 209 g/mol. The Kier molecular flexibility index (Phi) is 3.43. The normalized spacial score (nSPS) is 10.3. The molecule has 0 aromatic heterocycles. The number of hydrazine groups is 1. The third-order valence-electron chi connectivity index (χ3n) is 2.08. The molecular weight excluding hydrogens is 194 g/mol. The molecule has 0 heterocycles. The first kappa shape index (κ1) is 10.9. The molecule has 0 bridgehead atoms. The summed E-state index contributed by atoms with van der Waals surface area (Å²) in [5, 5.41) is 1.46. The summed E-state index contributed by atoms with van der Waals surface area (Å²) < 4.78 is 0. The fraction of sp³-hybridized carbons (Fsp3) is 0.300. The largest absolute Gasteiger partial charge is 0.375 e. The Bertz CT molecular complexity index is 319. The molecule has 1 aromatic rings. The summed E-state index contributed by atoms with van der Waals surface area (Å²) in [6.45, 7) is 4.28. The molecule has 0 fully saturated rings. The Labute approximate surface area is 89.7 Å². The van der Waals surface area contributed by atoms with Crippen LogP contribution in [0.1, 0.15) is 25.3 Å². The van der Waals surface area contributed by atoms with Crippen molar-refractivity contribution in [3.8, 4) is 0 Å². The summed E-state index contributed by atoms with van der Waals surface area (Å²) in [5.74, 6) is 6.15. The molecule has 0 radical (unpaired) electrons. The van der Waals surface area contributed by atoms with Crippen molar-refractivity contribution in [1.82, 2.24) is 0 Å². The van der Waals surface area contributed by atoms with E-state index in [1.807, 2.05) is 24.3 Å². The van der Waals surface area contributed by atoms with Crippen molar-refractivity contribution in [3.63, 3.8) is 0 Å². The van der Waals surface area contributed by atoms with Crippen LogP contribution >= 0.6 is 12.2 Å². The molecule has 0 aliphatic carbocycles. The Hall–Kier alpha value is -1.13. The number of hydrogen-bond donors (Lipinski definition) is 2. The highest BCUT2D eigenvalue weighted by atomic mass is 32.1. The molecule has 14 heavy (non-hydrogen) atoms. The quantitative estimate of drug-likeness (QED) is 0.442. The SMILES string of the molecule is CC(C)c1ccc(N(N)C(N)=S)cc1. The van der Waals surface area contributed by atoms with E-state index in [4.69, 9.17) is 23.8 Å². The number of thiocarbonyl (C=S) groups is 1. The Balaban J connectivity index is 2.88. The predicted molar refractivity (Wildman–Crippen MR) is 64.0 cm³/mol. The van der Waals surface area contributed by atoms with Gasteiger partial charge in [0.05, 0.1) is 5.69 Å². The highest BCUT2D eigenvalue weighted by Crippen LogP contribution is 2.18. The van der Waals surface area contributed by atoms with Gasteiger partial charge in [-0.3, -0.25) is 5.01 Å². The van der Waals surface area contributed by atoms with E-state index >= 15 is 0 Å². The van der Waals surface area contributed by atoms with Crippen molar-refractivity contribution in [2.24, 2.45) is 11.6 Å². The zero-order valence-corrected chi connectivity index (χ0v) is 9.21. The van der Waals surface area contributed by atoms with Gasteiger partial charge in [0.15, 0.2) is 5.11 Å². The molecule has 0 unspecified atom stereocenters. The minimum absolute atomic E-state index is 0.169. The van der Waals surface area contributed by atoms with Crippen molar-refractivity contribution in [2.45, 2.75) is 19.8 Å². The topological polar surface area (TPSA) is 55.3 Å². The van der Waals surface area contributed by atoms with Gasteiger partial charge in [-0.15, -0.1) is 0 Å². The lowest BCUT2D eigenvalue weighted by Gasteiger charge is -2.16. The number of anilines is 1. The monoisotopic (exact) mass is 209 g/mol. The Morgan fingerprint density at radius 1 is 1.29 bits per heavy atom. The first-order chi connectivity index (χ1) is 6.52. The van der Waals surface area contributed by atoms with Gasteiger partial charge >= 0.3 is 0 Å². The maximum Gasteiger partial charge on any atom is 0.185 e. The molecular formula is C10H15N3S. The molecule has 1 rings (SSSR count). The molecule has 4 N–H and O–H groups in total. The second-order valence-corrected chi connectivity index (χ2v) is 3.87. The van der Waals surface area contributed by atoms with Crippen LogP contribution < -0.4 is 16.6 Å². The second kappa shape index (κ2) is 4.39. The molecule has 0 spiro atoms. The zero-order chi connectivity index (χ0) is 10.7. The van der Waals surface area contributed by atoms with Gasteiger partial charge in [0.2, 0.25) is 0 Å². The van der Waals surface area contributed by atoms with Crippen molar-refractivity contribution >= 4 is 23.0 Å². The molecule has 0 amide bonds. The number of benzene rings is 1. The minimum atomic E-state index is 0.169. The molecule has 0 aliphatic rings. The summed E-state index contributed by atoms with van der Waals surface area (Å²) in [4.78, 5) is 0. The van der Waals surface area contributed by atoms with Crippen LogP contribution in [-0.2, 0) is 0 Å². The van der Waals surface area contributed by atoms with E-state index in [2.05, 4.69) is 13.8 Å².